The largest absolute Gasteiger partial charge is 0.398 e. The van der Waals surface area contributed by atoms with E-state index in [1.807, 2.05) is 32.0 Å². The fourth-order valence-corrected chi connectivity index (χ4v) is 3.42. The molecule has 0 saturated carbocycles. The highest BCUT2D eigenvalue weighted by Crippen LogP contribution is 2.27. The van der Waals surface area contributed by atoms with Crippen LogP contribution in [0.3, 0.4) is 0 Å². The summed E-state index contributed by atoms with van der Waals surface area (Å²) in [5, 5.41) is 0. The standard InChI is InChI=1S/C15H17FN2O2S/c1-3-11-6-4-5-10(2)15(11)18-21(19,20)14-9-12(16)7-8-13(14)17/h4-9,18H,3,17H2,1-2H3. The molecule has 0 bridgehead atoms. The first kappa shape index (κ1) is 15.3. The van der Waals surface area contributed by atoms with Crippen molar-refractivity contribution >= 4 is 21.4 Å². The van der Waals surface area contributed by atoms with Crippen molar-refractivity contribution in [3.63, 3.8) is 0 Å². The van der Waals surface area contributed by atoms with Crippen LogP contribution >= 0.6 is 0 Å². The minimum Gasteiger partial charge on any atom is -0.398 e. The molecule has 0 atom stereocenters. The second-order valence-electron chi connectivity index (χ2n) is 4.75. The van der Waals surface area contributed by atoms with Gasteiger partial charge >= 0.3 is 0 Å². The number of hydrogen-bond donors (Lipinski definition) is 2. The highest BCUT2D eigenvalue weighted by molar-refractivity contribution is 7.92. The predicted octanol–water partition coefficient (Wildman–Crippen LogP) is 3.08. The highest BCUT2D eigenvalue weighted by Gasteiger charge is 2.20. The Morgan fingerprint density at radius 3 is 2.62 bits per heavy atom. The average Bonchev–Trinajstić information content (AvgIpc) is 2.43. The maximum atomic E-state index is 13.3. The first-order valence-corrected chi connectivity index (χ1v) is 8.00. The summed E-state index contributed by atoms with van der Waals surface area (Å²) < 4.78 is 40.7. The molecule has 0 fully saturated rings. The van der Waals surface area contributed by atoms with Crippen LogP contribution in [0.25, 0.3) is 0 Å². The van der Waals surface area contributed by atoms with Crippen LogP contribution in [0, 0.1) is 12.7 Å². The monoisotopic (exact) mass is 308 g/mol. The van der Waals surface area contributed by atoms with Gasteiger partial charge in [-0.1, -0.05) is 25.1 Å². The average molecular weight is 308 g/mol. The lowest BCUT2D eigenvalue weighted by atomic mass is 10.1. The molecule has 3 N–H and O–H groups in total. The predicted molar refractivity (Wildman–Crippen MR) is 82.2 cm³/mol. The Morgan fingerprint density at radius 2 is 1.95 bits per heavy atom. The molecule has 2 rings (SSSR count). The second kappa shape index (κ2) is 5.73. The van der Waals surface area contributed by atoms with E-state index in [0.29, 0.717) is 12.1 Å². The highest BCUT2D eigenvalue weighted by atomic mass is 32.2. The summed E-state index contributed by atoms with van der Waals surface area (Å²) in [5.41, 5.74) is 7.85. The number of hydrogen-bond acceptors (Lipinski definition) is 3. The number of halogens is 1. The van der Waals surface area contributed by atoms with Gasteiger partial charge in [0.25, 0.3) is 10.0 Å². The molecule has 6 heteroatoms. The maximum absolute atomic E-state index is 13.3. The Labute approximate surface area is 123 Å². The maximum Gasteiger partial charge on any atom is 0.264 e. The number of nitrogens with one attached hydrogen (secondary N) is 1. The third-order valence-electron chi connectivity index (χ3n) is 3.24. The molecule has 0 radical (unpaired) electrons. The van der Waals surface area contributed by atoms with E-state index in [1.54, 1.807) is 0 Å². The van der Waals surface area contributed by atoms with Crippen molar-refractivity contribution in [2.75, 3.05) is 10.5 Å². The molecule has 0 aliphatic carbocycles. The fraction of sp³-hybridized carbons (Fsp3) is 0.200. The molecular formula is C15H17FN2O2S. The van der Waals surface area contributed by atoms with Crippen LogP contribution < -0.4 is 10.5 Å². The summed E-state index contributed by atoms with van der Waals surface area (Å²) in [6, 6.07) is 8.80. The van der Waals surface area contributed by atoms with E-state index in [-0.39, 0.29) is 10.6 Å². The molecule has 21 heavy (non-hydrogen) atoms. The lowest BCUT2D eigenvalue weighted by molar-refractivity contribution is 0.596. The van der Waals surface area contributed by atoms with Crippen molar-refractivity contribution in [1.82, 2.24) is 0 Å². The third kappa shape index (κ3) is 3.16. The van der Waals surface area contributed by atoms with Crippen molar-refractivity contribution in [3.8, 4) is 0 Å². The molecule has 4 nitrogen and oxygen atoms in total. The van der Waals surface area contributed by atoms with Crippen LogP contribution in [0.4, 0.5) is 15.8 Å². The van der Waals surface area contributed by atoms with Gasteiger partial charge in [-0.25, -0.2) is 12.8 Å². The van der Waals surface area contributed by atoms with Crippen LogP contribution in [0.15, 0.2) is 41.3 Å². The van der Waals surface area contributed by atoms with Crippen molar-refractivity contribution in [3.05, 3.63) is 53.3 Å². The molecule has 0 aliphatic rings. The molecule has 0 heterocycles. The summed E-state index contributed by atoms with van der Waals surface area (Å²) in [5.74, 6) is -0.648. The number of nitrogen functional groups attached to an aromatic ring is 1. The molecule has 0 saturated heterocycles. The van der Waals surface area contributed by atoms with E-state index in [9.17, 15) is 12.8 Å². The van der Waals surface area contributed by atoms with Gasteiger partial charge in [0.2, 0.25) is 0 Å². The number of nitrogens with two attached hydrogens (primary N) is 1. The van der Waals surface area contributed by atoms with E-state index in [0.717, 1.165) is 23.3 Å². The van der Waals surface area contributed by atoms with Crippen LogP contribution in [0.5, 0.6) is 0 Å². The van der Waals surface area contributed by atoms with Gasteiger partial charge in [0.15, 0.2) is 0 Å². The summed E-state index contributed by atoms with van der Waals surface area (Å²) in [6.45, 7) is 3.75. The summed E-state index contributed by atoms with van der Waals surface area (Å²) in [7, 11) is -3.94. The number of anilines is 2. The van der Waals surface area contributed by atoms with Gasteiger partial charge in [0, 0.05) is 0 Å². The summed E-state index contributed by atoms with van der Waals surface area (Å²) in [6.07, 6.45) is 0.679. The van der Waals surface area contributed by atoms with Crippen LogP contribution in [0.1, 0.15) is 18.1 Å². The summed E-state index contributed by atoms with van der Waals surface area (Å²) >= 11 is 0. The Balaban J connectivity index is 2.50. The zero-order chi connectivity index (χ0) is 15.6. The lowest BCUT2D eigenvalue weighted by Crippen LogP contribution is -2.17. The van der Waals surface area contributed by atoms with Crippen LogP contribution in [0.2, 0.25) is 0 Å². The van der Waals surface area contributed by atoms with Gasteiger partial charge in [-0.3, -0.25) is 4.72 Å². The van der Waals surface area contributed by atoms with E-state index in [2.05, 4.69) is 4.72 Å². The number of sulfonamides is 1. The molecule has 2 aromatic rings. The normalized spacial score (nSPS) is 11.4. The Kier molecular flexibility index (Phi) is 4.18. The topological polar surface area (TPSA) is 72.2 Å². The minimum absolute atomic E-state index is 0.00975. The van der Waals surface area contributed by atoms with Gasteiger partial charge in [0.05, 0.1) is 11.4 Å². The van der Waals surface area contributed by atoms with Crippen molar-refractivity contribution < 1.29 is 12.8 Å². The SMILES string of the molecule is CCc1cccc(C)c1NS(=O)(=O)c1cc(F)ccc1N. The van der Waals surface area contributed by atoms with E-state index in [1.165, 1.54) is 6.07 Å². The molecule has 0 aliphatic heterocycles. The molecule has 0 spiro atoms. The molecule has 0 unspecified atom stereocenters. The van der Waals surface area contributed by atoms with Gasteiger partial charge in [-0.15, -0.1) is 0 Å². The van der Waals surface area contributed by atoms with Crippen molar-refractivity contribution in [1.29, 1.82) is 0 Å². The number of para-hydroxylation sites is 1. The van der Waals surface area contributed by atoms with Gasteiger partial charge in [0.1, 0.15) is 10.7 Å². The van der Waals surface area contributed by atoms with E-state index < -0.39 is 15.8 Å². The molecule has 0 aromatic heterocycles. The zero-order valence-electron chi connectivity index (χ0n) is 11.9. The lowest BCUT2D eigenvalue weighted by Gasteiger charge is -2.15. The third-order valence-corrected chi connectivity index (χ3v) is 4.65. The van der Waals surface area contributed by atoms with E-state index in [4.69, 9.17) is 5.73 Å². The molecular weight excluding hydrogens is 291 g/mol. The van der Waals surface area contributed by atoms with Crippen molar-refractivity contribution in [2.45, 2.75) is 25.2 Å². The van der Waals surface area contributed by atoms with Gasteiger partial charge in [-0.2, -0.15) is 0 Å². The molecule has 112 valence electrons. The first-order chi connectivity index (χ1) is 9.85. The zero-order valence-corrected chi connectivity index (χ0v) is 12.7. The van der Waals surface area contributed by atoms with E-state index >= 15 is 0 Å². The fourth-order valence-electron chi connectivity index (χ4n) is 2.10. The van der Waals surface area contributed by atoms with Gasteiger partial charge in [-0.05, 0) is 42.7 Å². The van der Waals surface area contributed by atoms with Crippen molar-refractivity contribution in [2.24, 2.45) is 0 Å². The Bertz CT molecular complexity index is 773. The smallest absolute Gasteiger partial charge is 0.264 e. The van der Waals surface area contributed by atoms with Gasteiger partial charge < -0.3 is 5.73 Å². The number of benzene rings is 2. The Morgan fingerprint density at radius 1 is 1.24 bits per heavy atom. The minimum atomic E-state index is -3.94. The number of aryl methyl sites for hydroxylation is 2. The number of rotatable bonds is 4. The quantitative estimate of drug-likeness (QED) is 0.853. The first-order valence-electron chi connectivity index (χ1n) is 6.51. The summed E-state index contributed by atoms with van der Waals surface area (Å²) in [4.78, 5) is -0.257. The van der Waals surface area contributed by atoms with Crippen LogP contribution in [-0.4, -0.2) is 8.42 Å². The second-order valence-corrected chi connectivity index (χ2v) is 6.40. The Hall–Kier alpha value is -2.08. The molecule has 0 amide bonds. The van der Waals surface area contributed by atoms with Crippen LogP contribution in [-0.2, 0) is 16.4 Å². The molecule has 2 aromatic carbocycles.